The van der Waals surface area contributed by atoms with Crippen LogP contribution >= 0.6 is 34.4 Å². The number of rotatable bonds is 8. The Morgan fingerprint density at radius 3 is 2.61 bits per heavy atom. The normalized spacial score (nSPS) is 10.8. The van der Waals surface area contributed by atoms with Crippen LogP contribution in [-0.4, -0.2) is 45.4 Å². The minimum Gasteiger partial charge on any atom is -0.465 e. The number of thiophene rings is 2. The number of aromatic nitrogens is 3. The van der Waals surface area contributed by atoms with Crippen LogP contribution in [0.3, 0.4) is 0 Å². The van der Waals surface area contributed by atoms with Crippen molar-refractivity contribution < 1.29 is 19.1 Å². The largest absolute Gasteiger partial charge is 0.465 e. The molecule has 0 bridgehead atoms. The third-order valence-corrected chi connectivity index (χ3v) is 7.42. The fourth-order valence-corrected chi connectivity index (χ4v) is 5.48. The van der Waals surface area contributed by atoms with E-state index in [0.29, 0.717) is 17.3 Å². The summed E-state index contributed by atoms with van der Waals surface area (Å²) in [4.78, 5) is 37.7. The number of thioether (sulfide) groups is 1. The molecular formula is C19H21N5O4S3. The lowest BCUT2D eigenvalue weighted by atomic mass is 10.1. The number of carbonyl (C=O) groups is 3. The lowest BCUT2D eigenvalue weighted by molar-refractivity contribution is -0.113. The summed E-state index contributed by atoms with van der Waals surface area (Å²) in [5.41, 5.74) is 6.88. The van der Waals surface area contributed by atoms with Gasteiger partial charge < -0.3 is 20.4 Å². The van der Waals surface area contributed by atoms with Crippen LogP contribution < -0.4 is 11.1 Å². The molecule has 164 valence electrons. The molecular weight excluding hydrogens is 458 g/mol. The Balaban J connectivity index is 1.76. The maximum atomic E-state index is 12.6. The first-order chi connectivity index (χ1) is 14.8. The zero-order valence-corrected chi connectivity index (χ0v) is 19.8. The fourth-order valence-electron chi connectivity index (χ4n) is 2.93. The molecule has 0 aromatic carbocycles. The van der Waals surface area contributed by atoms with E-state index in [-0.39, 0.29) is 27.1 Å². The van der Waals surface area contributed by atoms with Crippen molar-refractivity contribution in [1.82, 2.24) is 14.8 Å². The molecule has 0 spiro atoms. The summed E-state index contributed by atoms with van der Waals surface area (Å²) in [5.74, 6) is -0.876. The van der Waals surface area contributed by atoms with Crippen LogP contribution in [-0.2, 0) is 16.1 Å². The second kappa shape index (κ2) is 9.62. The van der Waals surface area contributed by atoms with Crippen molar-refractivity contribution in [2.24, 2.45) is 5.73 Å². The van der Waals surface area contributed by atoms with Crippen molar-refractivity contribution in [2.45, 2.75) is 32.5 Å². The Labute approximate surface area is 191 Å². The standard InChI is InChI=1S/C19H21N5O4S3/c1-5-24-16(11-6-9(2)29-7-11)22-23-19(24)30-8-12(25)21-17-13(18(27)28-4)10(3)14(31-17)15(20)26/h6-7H,5,8H2,1-4H3,(H2,20,26)(H,21,25). The number of anilines is 1. The van der Waals surface area contributed by atoms with Crippen LogP contribution in [0.15, 0.2) is 16.6 Å². The summed E-state index contributed by atoms with van der Waals surface area (Å²) in [6.07, 6.45) is 0. The van der Waals surface area contributed by atoms with Crippen molar-refractivity contribution >= 4 is 57.2 Å². The monoisotopic (exact) mass is 479 g/mol. The predicted molar refractivity (Wildman–Crippen MR) is 122 cm³/mol. The second-order valence-corrected chi connectivity index (χ2v) is 9.53. The number of hydrogen-bond donors (Lipinski definition) is 2. The van der Waals surface area contributed by atoms with Gasteiger partial charge >= 0.3 is 5.97 Å². The smallest absolute Gasteiger partial charge is 0.341 e. The topological polar surface area (TPSA) is 129 Å². The van der Waals surface area contributed by atoms with Crippen molar-refractivity contribution in [3.63, 3.8) is 0 Å². The molecule has 0 saturated heterocycles. The van der Waals surface area contributed by atoms with E-state index in [9.17, 15) is 14.4 Å². The Bertz CT molecular complexity index is 1150. The van der Waals surface area contributed by atoms with Gasteiger partial charge in [0.15, 0.2) is 11.0 Å². The van der Waals surface area contributed by atoms with Crippen molar-refractivity contribution in [3.05, 3.63) is 32.3 Å². The molecule has 3 aromatic rings. The van der Waals surface area contributed by atoms with Crippen LogP contribution in [0.4, 0.5) is 5.00 Å². The summed E-state index contributed by atoms with van der Waals surface area (Å²) in [7, 11) is 1.23. The zero-order chi connectivity index (χ0) is 22.7. The Morgan fingerprint density at radius 1 is 1.29 bits per heavy atom. The number of aryl methyl sites for hydroxylation is 1. The highest BCUT2D eigenvalue weighted by molar-refractivity contribution is 7.99. The number of nitrogens with one attached hydrogen (secondary N) is 1. The number of primary amides is 1. The molecule has 0 saturated carbocycles. The quantitative estimate of drug-likeness (QED) is 0.374. The highest BCUT2D eigenvalue weighted by Crippen LogP contribution is 2.34. The molecule has 0 unspecified atom stereocenters. The number of carbonyl (C=O) groups excluding carboxylic acids is 3. The van der Waals surface area contributed by atoms with E-state index < -0.39 is 11.9 Å². The molecule has 9 nitrogen and oxygen atoms in total. The molecule has 0 aliphatic rings. The van der Waals surface area contributed by atoms with E-state index >= 15 is 0 Å². The van der Waals surface area contributed by atoms with Gasteiger partial charge in [0.2, 0.25) is 5.91 Å². The van der Waals surface area contributed by atoms with Crippen LogP contribution in [0.2, 0.25) is 0 Å². The van der Waals surface area contributed by atoms with Gasteiger partial charge in [-0.3, -0.25) is 9.59 Å². The zero-order valence-electron chi connectivity index (χ0n) is 17.3. The predicted octanol–water partition coefficient (Wildman–Crippen LogP) is 3.32. The first-order valence-electron chi connectivity index (χ1n) is 9.19. The van der Waals surface area contributed by atoms with Gasteiger partial charge in [0, 0.05) is 22.4 Å². The van der Waals surface area contributed by atoms with E-state index in [0.717, 1.165) is 22.7 Å². The van der Waals surface area contributed by atoms with Gasteiger partial charge in [0.25, 0.3) is 5.91 Å². The summed E-state index contributed by atoms with van der Waals surface area (Å²) in [6, 6.07) is 2.05. The number of methoxy groups -OCH3 is 1. The highest BCUT2D eigenvalue weighted by Gasteiger charge is 2.25. The minimum atomic E-state index is -0.672. The van der Waals surface area contributed by atoms with Gasteiger partial charge in [-0.1, -0.05) is 11.8 Å². The molecule has 3 aromatic heterocycles. The molecule has 0 aliphatic carbocycles. The maximum Gasteiger partial charge on any atom is 0.341 e. The number of ether oxygens (including phenoxy) is 1. The molecule has 3 rings (SSSR count). The molecule has 0 atom stereocenters. The summed E-state index contributed by atoms with van der Waals surface area (Å²) >= 11 is 3.82. The second-order valence-electron chi connectivity index (χ2n) is 6.45. The van der Waals surface area contributed by atoms with Gasteiger partial charge in [-0.25, -0.2) is 4.79 Å². The van der Waals surface area contributed by atoms with Crippen LogP contribution in [0.25, 0.3) is 11.4 Å². The van der Waals surface area contributed by atoms with Crippen LogP contribution in [0.1, 0.15) is 37.4 Å². The average molecular weight is 480 g/mol. The fraction of sp³-hybridized carbons (Fsp3) is 0.316. The lowest BCUT2D eigenvalue weighted by Crippen LogP contribution is -2.16. The summed E-state index contributed by atoms with van der Waals surface area (Å²) in [6.45, 7) is 6.25. The Morgan fingerprint density at radius 2 is 2.03 bits per heavy atom. The number of esters is 1. The third kappa shape index (κ3) is 4.81. The van der Waals surface area contributed by atoms with Crippen molar-refractivity contribution in [2.75, 3.05) is 18.2 Å². The molecule has 0 aliphatic heterocycles. The number of nitrogens with two attached hydrogens (primary N) is 1. The molecule has 31 heavy (non-hydrogen) atoms. The molecule has 0 fully saturated rings. The number of hydrogen-bond acceptors (Lipinski definition) is 9. The first-order valence-corrected chi connectivity index (χ1v) is 11.9. The Hall–Kier alpha value is -2.70. The van der Waals surface area contributed by atoms with E-state index in [2.05, 4.69) is 15.5 Å². The van der Waals surface area contributed by atoms with Crippen LogP contribution in [0, 0.1) is 13.8 Å². The first kappa shape index (κ1) is 23.0. The van der Waals surface area contributed by atoms with Crippen LogP contribution in [0.5, 0.6) is 0 Å². The average Bonchev–Trinajstić information content (AvgIpc) is 3.42. The molecule has 0 radical (unpaired) electrons. The van der Waals surface area contributed by atoms with E-state index in [1.807, 2.05) is 29.9 Å². The third-order valence-electron chi connectivity index (χ3n) is 4.37. The lowest BCUT2D eigenvalue weighted by Gasteiger charge is -2.07. The highest BCUT2D eigenvalue weighted by atomic mass is 32.2. The van der Waals surface area contributed by atoms with E-state index in [4.69, 9.17) is 10.5 Å². The van der Waals surface area contributed by atoms with Crippen molar-refractivity contribution in [1.29, 1.82) is 0 Å². The van der Waals surface area contributed by atoms with E-state index in [1.165, 1.54) is 23.7 Å². The van der Waals surface area contributed by atoms with Gasteiger partial charge in [0.1, 0.15) is 5.00 Å². The molecule has 2 amide bonds. The SMILES string of the molecule is CCn1c(SCC(=O)Nc2sc(C(N)=O)c(C)c2C(=O)OC)nnc1-c1csc(C)c1. The van der Waals surface area contributed by atoms with E-state index in [1.54, 1.807) is 18.3 Å². The summed E-state index contributed by atoms with van der Waals surface area (Å²) in [5, 5.41) is 14.0. The molecule has 3 heterocycles. The summed E-state index contributed by atoms with van der Waals surface area (Å²) < 4.78 is 6.72. The number of amides is 2. The van der Waals surface area contributed by atoms with Gasteiger partial charge in [-0.15, -0.1) is 32.9 Å². The minimum absolute atomic E-state index is 0.0459. The molecule has 12 heteroatoms. The molecule has 3 N–H and O–H groups in total. The Kier molecular flexibility index (Phi) is 7.13. The number of nitrogens with zero attached hydrogens (tertiary/aromatic N) is 3. The maximum absolute atomic E-state index is 12.6. The van der Waals surface area contributed by atoms with Gasteiger partial charge in [-0.2, -0.15) is 0 Å². The van der Waals surface area contributed by atoms with Gasteiger partial charge in [0.05, 0.1) is 23.3 Å². The van der Waals surface area contributed by atoms with Gasteiger partial charge in [-0.05, 0) is 32.4 Å². The van der Waals surface area contributed by atoms with Crippen molar-refractivity contribution in [3.8, 4) is 11.4 Å².